The van der Waals surface area contributed by atoms with Gasteiger partial charge in [0.1, 0.15) is 5.82 Å². The van der Waals surface area contributed by atoms with E-state index in [1.807, 2.05) is 12.1 Å². The number of hydrogen-bond acceptors (Lipinski definition) is 2. The van der Waals surface area contributed by atoms with Gasteiger partial charge < -0.3 is 10.2 Å². The van der Waals surface area contributed by atoms with Crippen LogP contribution in [0.2, 0.25) is 0 Å². The quantitative estimate of drug-likeness (QED) is 0.855. The average Bonchev–Trinajstić information content (AvgIpc) is 2.47. The molecule has 1 atom stereocenters. The molecule has 0 bridgehead atoms. The first-order valence-corrected chi connectivity index (χ1v) is 7.86. The zero-order chi connectivity index (χ0) is 14.4. The van der Waals surface area contributed by atoms with E-state index < -0.39 is 0 Å². The van der Waals surface area contributed by atoms with Gasteiger partial charge >= 0.3 is 0 Å². The Balaban J connectivity index is 1.75. The SMILES string of the molecule is CCC(NCCC1CCN(C)CC1)c1ccc(F)cc1. The van der Waals surface area contributed by atoms with Crippen LogP contribution in [0, 0.1) is 11.7 Å². The van der Waals surface area contributed by atoms with E-state index in [2.05, 4.69) is 24.2 Å². The minimum absolute atomic E-state index is 0.157. The molecule has 2 nitrogen and oxygen atoms in total. The summed E-state index contributed by atoms with van der Waals surface area (Å²) >= 11 is 0. The molecule has 20 heavy (non-hydrogen) atoms. The Morgan fingerprint density at radius 3 is 2.50 bits per heavy atom. The molecule has 1 heterocycles. The summed E-state index contributed by atoms with van der Waals surface area (Å²) in [6.07, 6.45) is 4.95. The molecule has 0 saturated carbocycles. The van der Waals surface area contributed by atoms with Crippen LogP contribution < -0.4 is 5.32 Å². The zero-order valence-electron chi connectivity index (χ0n) is 12.7. The molecule has 1 N–H and O–H groups in total. The summed E-state index contributed by atoms with van der Waals surface area (Å²) in [5.41, 5.74) is 1.19. The maximum atomic E-state index is 13.0. The molecule has 2 rings (SSSR count). The van der Waals surface area contributed by atoms with Gasteiger partial charge in [0, 0.05) is 6.04 Å². The van der Waals surface area contributed by atoms with Crippen molar-refractivity contribution in [2.45, 2.75) is 38.6 Å². The van der Waals surface area contributed by atoms with Gasteiger partial charge in [-0.3, -0.25) is 0 Å². The average molecular weight is 278 g/mol. The summed E-state index contributed by atoms with van der Waals surface area (Å²) in [5.74, 6) is 0.708. The standard InChI is InChI=1S/C17H27FN2/c1-3-17(15-4-6-16(18)7-5-15)19-11-8-14-9-12-20(2)13-10-14/h4-7,14,17,19H,3,8-13H2,1-2H3. The van der Waals surface area contributed by atoms with E-state index in [1.54, 1.807) is 12.1 Å². The van der Waals surface area contributed by atoms with Crippen molar-refractivity contribution in [3.05, 3.63) is 35.6 Å². The van der Waals surface area contributed by atoms with Crippen LogP contribution in [-0.2, 0) is 0 Å². The predicted molar refractivity (Wildman–Crippen MR) is 82.3 cm³/mol. The van der Waals surface area contributed by atoms with E-state index in [9.17, 15) is 4.39 Å². The highest BCUT2D eigenvalue weighted by atomic mass is 19.1. The lowest BCUT2D eigenvalue weighted by molar-refractivity contribution is 0.210. The molecular formula is C17H27FN2. The minimum atomic E-state index is -0.157. The van der Waals surface area contributed by atoms with Crippen LogP contribution in [0.1, 0.15) is 44.2 Å². The van der Waals surface area contributed by atoms with Crippen molar-refractivity contribution in [1.82, 2.24) is 10.2 Å². The number of likely N-dealkylation sites (tertiary alicyclic amines) is 1. The fourth-order valence-corrected chi connectivity index (χ4v) is 3.01. The van der Waals surface area contributed by atoms with Crippen LogP contribution in [-0.4, -0.2) is 31.6 Å². The predicted octanol–water partition coefficient (Wildman–Crippen LogP) is 3.60. The molecule has 1 fully saturated rings. The Labute approximate surface area is 122 Å². The number of halogens is 1. The van der Waals surface area contributed by atoms with Crippen molar-refractivity contribution >= 4 is 0 Å². The number of rotatable bonds is 6. The molecule has 0 radical (unpaired) electrons. The number of nitrogens with zero attached hydrogens (tertiary/aromatic N) is 1. The van der Waals surface area contributed by atoms with Gasteiger partial charge in [0.2, 0.25) is 0 Å². The van der Waals surface area contributed by atoms with Crippen molar-refractivity contribution in [3.63, 3.8) is 0 Å². The molecule has 0 amide bonds. The van der Waals surface area contributed by atoms with E-state index in [0.717, 1.165) is 18.9 Å². The topological polar surface area (TPSA) is 15.3 Å². The Morgan fingerprint density at radius 1 is 1.25 bits per heavy atom. The first kappa shape index (κ1) is 15.5. The summed E-state index contributed by atoms with van der Waals surface area (Å²) in [6, 6.07) is 7.24. The Kier molecular flexibility index (Phi) is 5.99. The smallest absolute Gasteiger partial charge is 0.123 e. The second-order valence-electron chi connectivity index (χ2n) is 6.00. The van der Waals surface area contributed by atoms with Gasteiger partial charge in [-0.25, -0.2) is 4.39 Å². The Morgan fingerprint density at radius 2 is 1.90 bits per heavy atom. The van der Waals surface area contributed by atoms with Crippen LogP contribution in [0.5, 0.6) is 0 Å². The molecule has 1 aromatic carbocycles. The van der Waals surface area contributed by atoms with Crippen LogP contribution in [0.4, 0.5) is 4.39 Å². The number of hydrogen-bond donors (Lipinski definition) is 1. The highest BCUT2D eigenvalue weighted by molar-refractivity contribution is 5.19. The van der Waals surface area contributed by atoms with E-state index in [4.69, 9.17) is 0 Å². The third-order valence-electron chi connectivity index (χ3n) is 4.46. The third-order valence-corrected chi connectivity index (χ3v) is 4.46. The number of nitrogens with one attached hydrogen (secondary N) is 1. The highest BCUT2D eigenvalue weighted by Crippen LogP contribution is 2.21. The molecule has 0 aliphatic carbocycles. The summed E-state index contributed by atoms with van der Waals surface area (Å²) < 4.78 is 13.0. The van der Waals surface area contributed by atoms with E-state index >= 15 is 0 Å². The van der Waals surface area contributed by atoms with Crippen LogP contribution in [0.3, 0.4) is 0 Å². The summed E-state index contributed by atoms with van der Waals surface area (Å²) in [6.45, 7) is 5.71. The van der Waals surface area contributed by atoms with Gasteiger partial charge in [0.15, 0.2) is 0 Å². The van der Waals surface area contributed by atoms with Crippen LogP contribution in [0.15, 0.2) is 24.3 Å². The summed E-state index contributed by atoms with van der Waals surface area (Å²) in [5, 5.41) is 3.63. The Bertz CT molecular complexity index is 382. The molecule has 3 heteroatoms. The minimum Gasteiger partial charge on any atom is -0.310 e. The van der Waals surface area contributed by atoms with Gasteiger partial charge in [0.05, 0.1) is 0 Å². The normalized spacial score (nSPS) is 19.1. The summed E-state index contributed by atoms with van der Waals surface area (Å²) in [4.78, 5) is 2.41. The lowest BCUT2D eigenvalue weighted by Gasteiger charge is -2.29. The van der Waals surface area contributed by atoms with Gasteiger partial charge in [-0.05, 0) is 76.0 Å². The molecule has 1 unspecified atom stereocenters. The summed E-state index contributed by atoms with van der Waals surface area (Å²) in [7, 11) is 2.20. The zero-order valence-corrected chi connectivity index (χ0v) is 12.7. The van der Waals surface area contributed by atoms with Crippen molar-refractivity contribution < 1.29 is 4.39 Å². The maximum Gasteiger partial charge on any atom is 0.123 e. The fourth-order valence-electron chi connectivity index (χ4n) is 3.01. The second kappa shape index (κ2) is 7.75. The van der Waals surface area contributed by atoms with Crippen molar-refractivity contribution in [3.8, 4) is 0 Å². The van der Waals surface area contributed by atoms with Crippen molar-refractivity contribution in [2.24, 2.45) is 5.92 Å². The second-order valence-corrected chi connectivity index (χ2v) is 6.00. The van der Waals surface area contributed by atoms with Crippen molar-refractivity contribution in [2.75, 3.05) is 26.7 Å². The molecular weight excluding hydrogens is 251 g/mol. The lowest BCUT2D eigenvalue weighted by atomic mass is 9.93. The Hall–Kier alpha value is -0.930. The third kappa shape index (κ3) is 4.57. The largest absolute Gasteiger partial charge is 0.310 e. The first-order valence-electron chi connectivity index (χ1n) is 7.86. The van der Waals surface area contributed by atoms with Crippen LogP contribution in [0.25, 0.3) is 0 Å². The van der Waals surface area contributed by atoms with E-state index in [0.29, 0.717) is 6.04 Å². The number of benzene rings is 1. The molecule has 112 valence electrons. The molecule has 0 spiro atoms. The van der Waals surface area contributed by atoms with Crippen molar-refractivity contribution in [1.29, 1.82) is 0 Å². The highest BCUT2D eigenvalue weighted by Gasteiger charge is 2.17. The van der Waals surface area contributed by atoms with Gasteiger partial charge in [-0.1, -0.05) is 19.1 Å². The molecule has 1 saturated heterocycles. The fraction of sp³-hybridized carbons (Fsp3) is 0.647. The monoisotopic (exact) mass is 278 g/mol. The van der Waals surface area contributed by atoms with Gasteiger partial charge in [-0.2, -0.15) is 0 Å². The van der Waals surface area contributed by atoms with Crippen LogP contribution >= 0.6 is 0 Å². The molecule has 1 aliphatic rings. The molecule has 1 aromatic rings. The van der Waals surface area contributed by atoms with E-state index in [1.165, 1.54) is 37.9 Å². The first-order chi connectivity index (χ1) is 9.69. The van der Waals surface area contributed by atoms with E-state index in [-0.39, 0.29) is 5.82 Å². The van der Waals surface area contributed by atoms with Gasteiger partial charge in [0.25, 0.3) is 0 Å². The molecule has 1 aliphatic heterocycles. The van der Waals surface area contributed by atoms with Gasteiger partial charge in [-0.15, -0.1) is 0 Å². The maximum absolute atomic E-state index is 13.0. The number of piperidine rings is 1. The molecule has 0 aromatic heterocycles. The lowest BCUT2D eigenvalue weighted by Crippen LogP contribution is -2.32.